The molecule has 6 nitrogen and oxygen atoms in total. The predicted octanol–water partition coefficient (Wildman–Crippen LogP) is 0.397. The molecule has 2 N–H and O–H groups in total. The van der Waals surface area contributed by atoms with Crippen LogP contribution in [0.25, 0.3) is 0 Å². The number of amides is 3. The molecule has 0 saturated carbocycles. The molecular weight excluding hydrogens is 270 g/mol. The van der Waals surface area contributed by atoms with E-state index >= 15 is 0 Å². The van der Waals surface area contributed by atoms with Gasteiger partial charge in [0.25, 0.3) is 11.8 Å². The molecule has 1 heterocycles. The second-order valence-electron chi connectivity index (χ2n) is 5.00. The highest BCUT2D eigenvalue weighted by atomic mass is 16.2. The third-order valence-corrected chi connectivity index (χ3v) is 3.34. The summed E-state index contributed by atoms with van der Waals surface area (Å²) in [6.45, 7) is 4.96. The Kier molecular flexibility index (Phi) is 4.70. The van der Waals surface area contributed by atoms with E-state index in [1.54, 1.807) is 24.3 Å². The van der Waals surface area contributed by atoms with Crippen LogP contribution in [0, 0.1) is 0 Å². The Hall–Kier alpha value is -2.21. The van der Waals surface area contributed by atoms with Crippen molar-refractivity contribution < 1.29 is 14.4 Å². The van der Waals surface area contributed by atoms with Crippen molar-refractivity contribution in [3.05, 3.63) is 35.4 Å². The number of nitrogens with one attached hydrogen (secondary N) is 2. The van der Waals surface area contributed by atoms with E-state index in [1.807, 2.05) is 13.8 Å². The predicted molar refractivity (Wildman–Crippen MR) is 78.0 cm³/mol. The molecule has 112 valence electrons. The Bertz CT molecular complexity index is 536. The van der Waals surface area contributed by atoms with Crippen LogP contribution >= 0.6 is 0 Å². The average Bonchev–Trinajstić information content (AvgIpc) is 2.71. The number of carbonyl (C=O) groups excluding carboxylic acids is 3. The van der Waals surface area contributed by atoms with Crippen LogP contribution in [-0.2, 0) is 4.79 Å². The van der Waals surface area contributed by atoms with Crippen LogP contribution in [0.3, 0.4) is 0 Å². The van der Waals surface area contributed by atoms with Crippen LogP contribution in [0.5, 0.6) is 0 Å². The first-order chi connectivity index (χ1) is 10.0. The van der Waals surface area contributed by atoms with Crippen LogP contribution in [0.1, 0.15) is 34.6 Å². The molecule has 1 aromatic rings. The fraction of sp³-hybridized carbons (Fsp3) is 0.400. The Labute approximate surface area is 123 Å². The minimum absolute atomic E-state index is 0.140. The Morgan fingerprint density at radius 3 is 2.29 bits per heavy atom. The zero-order valence-corrected chi connectivity index (χ0v) is 12.2. The molecule has 2 rings (SSSR count). The molecule has 0 radical (unpaired) electrons. The van der Waals surface area contributed by atoms with Gasteiger partial charge in [-0.3, -0.25) is 19.3 Å². The van der Waals surface area contributed by atoms with E-state index in [9.17, 15) is 14.4 Å². The smallest absolute Gasteiger partial charge is 0.262 e. The van der Waals surface area contributed by atoms with E-state index in [4.69, 9.17) is 0 Å². The second kappa shape index (κ2) is 6.49. The van der Waals surface area contributed by atoms with Crippen molar-refractivity contribution in [2.24, 2.45) is 0 Å². The van der Waals surface area contributed by atoms with E-state index in [0.29, 0.717) is 17.7 Å². The highest BCUT2D eigenvalue weighted by Gasteiger charge is 2.36. The first-order valence-corrected chi connectivity index (χ1v) is 7.00. The van der Waals surface area contributed by atoms with Crippen molar-refractivity contribution >= 4 is 17.7 Å². The molecule has 1 aliphatic rings. The fourth-order valence-electron chi connectivity index (χ4n) is 2.27. The lowest BCUT2D eigenvalue weighted by Crippen LogP contribution is -2.44. The number of carbonyl (C=O) groups is 3. The van der Waals surface area contributed by atoms with Gasteiger partial charge in [0.05, 0.1) is 11.1 Å². The second-order valence-corrected chi connectivity index (χ2v) is 5.00. The molecular formula is C15H19N3O3. The first kappa shape index (κ1) is 15.2. The number of rotatable bonds is 6. The van der Waals surface area contributed by atoms with Gasteiger partial charge in [-0.25, -0.2) is 0 Å². The van der Waals surface area contributed by atoms with Crippen molar-refractivity contribution in [3.63, 3.8) is 0 Å². The van der Waals surface area contributed by atoms with Gasteiger partial charge in [-0.15, -0.1) is 0 Å². The van der Waals surface area contributed by atoms with Gasteiger partial charge in [0.1, 0.15) is 6.54 Å². The SMILES string of the molecule is CCN[C@H](C)CNC(=O)CN1C(=O)c2ccccc2C1=O. The summed E-state index contributed by atoms with van der Waals surface area (Å²) in [5.74, 6) is -1.16. The van der Waals surface area contributed by atoms with Crippen molar-refractivity contribution in [2.45, 2.75) is 19.9 Å². The first-order valence-electron chi connectivity index (χ1n) is 7.00. The number of hydrogen-bond donors (Lipinski definition) is 2. The molecule has 0 unspecified atom stereocenters. The number of likely N-dealkylation sites (N-methyl/N-ethyl adjacent to an activating group) is 1. The molecule has 0 aliphatic carbocycles. The lowest BCUT2D eigenvalue weighted by molar-refractivity contribution is -0.121. The summed E-state index contributed by atoms with van der Waals surface area (Å²) < 4.78 is 0. The number of fused-ring (bicyclic) bond motifs is 1. The van der Waals surface area contributed by atoms with Gasteiger partial charge >= 0.3 is 0 Å². The minimum Gasteiger partial charge on any atom is -0.353 e. The number of imide groups is 1. The fourth-order valence-corrected chi connectivity index (χ4v) is 2.27. The van der Waals surface area contributed by atoms with Gasteiger partial charge in [-0.05, 0) is 25.6 Å². The maximum atomic E-state index is 12.1. The number of hydrogen-bond acceptors (Lipinski definition) is 4. The van der Waals surface area contributed by atoms with E-state index in [0.717, 1.165) is 11.4 Å². The molecule has 1 aromatic carbocycles. The molecule has 0 fully saturated rings. The zero-order valence-electron chi connectivity index (χ0n) is 12.2. The quantitative estimate of drug-likeness (QED) is 0.743. The maximum Gasteiger partial charge on any atom is 0.262 e. The summed E-state index contributed by atoms with van der Waals surface area (Å²) in [6, 6.07) is 6.74. The third-order valence-electron chi connectivity index (χ3n) is 3.34. The molecule has 21 heavy (non-hydrogen) atoms. The molecule has 6 heteroatoms. The number of benzene rings is 1. The van der Waals surface area contributed by atoms with Crippen LogP contribution in [0.15, 0.2) is 24.3 Å². The summed E-state index contributed by atoms with van der Waals surface area (Å²) in [5, 5.41) is 5.88. The van der Waals surface area contributed by atoms with Crippen molar-refractivity contribution in [1.82, 2.24) is 15.5 Å². The van der Waals surface area contributed by atoms with Gasteiger partial charge < -0.3 is 10.6 Å². The lowest BCUT2D eigenvalue weighted by atomic mass is 10.1. The molecule has 0 saturated heterocycles. The molecule has 0 spiro atoms. The van der Waals surface area contributed by atoms with Gasteiger partial charge in [0.15, 0.2) is 0 Å². The van der Waals surface area contributed by atoms with Crippen LogP contribution in [0.4, 0.5) is 0 Å². The van der Waals surface area contributed by atoms with Gasteiger partial charge in [0, 0.05) is 12.6 Å². The normalized spacial score (nSPS) is 15.0. The van der Waals surface area contributed by atoms with E-state index in [2.05, 4.69) is 10.6 Å². The Morgan fingerprint density at radius 1 is 1.19 bits per heavy atom. The average molecular weight is 289 g/mol. The van der Waals surface area contributed by atoms with Gasteiger partial charge in [-0.2, -0.15) is 0 Å². The highest BCUT2D eigenvalue weighted by molar-refractivity contribution is 6.22. The van der Waals surface area contributed by atoms with E-state index in [-0.39, 0.29) is 18.5 Å². The Balaban J connectivity index is 1.94. The molecule has 1 aliphatic heterocycles. The van der Waals surface area contributed by atoms with Gasteiger partial charge in [-0.1, -0.05) is 19.1 Å². The monoisotopic (exact) mass is 289 g/mol. The molecule has 0 aromatic heterocycles. The summed E-state index contributed by atoms with van der Waals surface area (Å²) in [4.78, 5) is 37.0. The third kappa shape index (κ3) is 3.28. The van der Waals surface area contributed by atoms with Crippen LogP contribution < -0.4 is 10.6 Å². The summed E-state index contributed by atoms with van der Waals surface area (Å²) in [5.41, 5.74) is 0.715. The summed E-state index contributed by atoms with van der Waals surface area (Å²) >= 11 is 0. The minimum atomic E-state index is -0.412. The van der Waals surface area contributed by atoms with Crippen molar-refractivity contribution in [3.8, 4) is 0 Å². The standard InChI is InChI=1S/C15H19N3O3/c1-3-16-10(2)8-17-13(19)9-18-14(20)11-6-4-5-7-12(11)15(18)21/h4-7,10,16H,3,8-9H2,1-2H3,(H,17,19)/t10-/m1/s1. The van der Waals surface area contributed by atoms with Crippen molar-refractivity contribution in [1.29, 1.82) is 0 Å². The van der Waals surface area contributed by atoms with Crippen molar-refractivity contribution in [2.75, 3.05) is 19.6 Å². The summed E-state index contributed by atoms with van der Waals surface area (Å²) in [6.07, 6.45) is 0. The topological polar surface area (TPSA) is 78.5 Å². The Morgan fingerprint density at radius 2 is 1.76 bits per heavy atom. The van der Waals surface area contributed by atoms with Crippen LogP contribution in [0.2, 0.25) is 0 Å². The molecule has 0 bridgehead atoms. The maximum absolute atomic E-state index is 12.1. The van der Waals surface area contributed by atoms with E-state index < -0.39 is 11.8 Å². The zero-order chi connectivity index (χ0) is 15.4. The largest absolute Gasteiger partial charge is 0.353 e. The summed E-state index contributed by atoms with van der Waals surface area (Å²) in [7, 11) is 0. The molecule has 3 amide bonds. The van der Waals surface area contributed by atoms with Gasteiger partial charge in [0.2, 0.25) is 5.91 Å². The number of nitrogens with zero attached hydrogens (tertiary/aromatic N) is 1. The molecule has 1 atom stereocenters. The highest BCUT2D eigenvalue weighted by Crippen LogP contribution is 2.21. The van der Waals surface area contributed by atoms with E-state index in [1.165, 1.54) is 0 Å². The lowest BCUT2D eigenvalue weighted by Gasteiger charge is -2.16. The van der Waals surface area contributed by atoms with Crippen LogP contribution in [-0.4, -0.2) is 48.3 Å².